The number of benzene rings is 2. The number of hydrogen-bond donors (Lipinski definition) is 1. The summed E-state index contributed by atoms with van der Waals surface area (Å²) in [7, 11) is 2.10. The van der Waals surface area contributed by atoms with E-state index in [2.05, 4.69) is 41.5 Å². The molecule has 0 bridgehead atoms. The van der Waals surface area contributed by atoms with Crippen molar-refractivity contribution in [3.63, 3.8) is 0 Å². The summed E-state index contributed by atoms with van der Waals surface area (Å²) in [5.74, 6) is 0.422. The second kappa shape index (κ2) is 11.9. The van der Waals surface area contributed by atoms with E-state index < -0.39 is 0 Å². The first kappa shape index (κ1) is 23.3. The van der Waals surface area contributed by atoms with Gasteiger partial charge < -0.3 is 15.1 Å². The Labute approximate surface area is 190 Å². The van der Waals surface area contributed by atoms with Gasteiger partial charge in [0.25, 0.3) is 5.91 Å². The van der Waals surface area contributed by atoms with Crippen LogP contribution in [0.5, 0.6) is 0 Å². The Morgan fingerprint density at radius 1 is 1.06 bits per heavy atom. The van der Waals surface area contributed by atoms with E-state index in [1.54, 1.807) is 12.1 Å². The lowest BCUT2D eigenvalue weighted by molar-refractivity contribution is -0.122. The Kier molecular flexibility index (Phi) is 8.92. The predicted molar refractivity (Wildman–Crippen MR) is 125 cm³/mol. The monoisotopic (exact) mass is 441 g/mol. The molecule has 1 aliphatic rings. The van der Waals surface area contributed by atoms with E-state index in [1.807, 2.05) is 23.1 Å². The van der Waals surface area contributed by atoms with E-state index in [4.69, 9.17) is 11.6 Å². The van der Waals surface area contributed by atoms with E-state index in [-0.39, 0.29) is 11.8 Å². The molecule has 0 radical (unpaired) electrons. The molecule has 1 heterocycles. The summed E-state index contributed by atoms with van der Waals surface area (Å²) in [6, 6.07) is 17.6. The standard InChI is InChI=1S/C25H32ClN3O2/c1-28(19-21-8-3-2-4-9-21)15-7-14-27-24(30)18-20-12-16-29(17-13-20)25(31)22-10-5-6-11-23(22)26/h2-6,8-11,20H,7,12-19H2,1H3,(H,27,30). The highest BCUT2D eigenvalue weighted by Gasteiger charge is 2.25. The summed E-state index contributed by atoms with van der Waals surface area (Å²) in [6.07, 6.45) is 3.17. The molecule has 1 saturated heterocycles. The Bertz CT molecular complexity index is 851. The van der Waals surface area contributed by atoms with E-state index >= 15 is 0 Å². The molecule has 0 spiro atoms. The zero-order valence-electron chi connectivity index (χ0n) is 18.2. The molecule has 5 nitrogen and oxygen atoms in total. The summed E-state index contributed by atoms with van der Waals surface area (Å²) in [4.78, 5) is 29.1. The van der Waals surface area contributed by atoms with Crippen LogP contribution in [-0.2, 0) is 11.3 Å². The maximum atomic E-state index is 12.7. The molecule has 31 heavy (non-hydrogen) atoms. The second-order valence-electron chi connectivity index (χ2n) is 8.35. The SMILES string of the molecule is CN(CCCNC(=O)CC1CCN(C(=O)c2ccccc2Cl)CC1)Cc1ccccc1. The van der Waals surface area contributed by atoms with Gasteiger partial charge in [0, 0.05) is 32.6 Å². The number of rotatable bonds is 9. The first-order chi connectivity index (χ1) is 15.0. The quantitative estimate of drug-likeness (QED) is 0.593. The lowest BCUT2D eigenvalue weighted by atomic mass is 9.93. The second-order valence-corrected chi connectivity index (χ2v) is 8.75. The highest BCUT2D eigenvalue weighted by atomic mass is 35.5. The van der Waals surface area contributed by atoms with Gasteiger partial charge in [-0.2, -0.15) is 0 Å². The molecule has 2 amide bonds. The lowest BCUT2D eigenvalue weighted by Crippen LogP contribution is -2.40. The van der Waals surface area contributed by atoms with Gasteiger partial charge in [0.05, 0.1) is 10.6 Å². The number of amides is 2. The van der Waals surface area contributed by atoms with E-state index in [9.17, 15) is 9.59 Å². The molecule has 0 atom stereocenters. The molecule has 6 heteroatoms. The maximum Gasteiger partial charge on any atom is 0.255 e. The van der Waals surface area contributed by atoms with Crippen LogP contribution in [0.2, 0.25) is 5.02 Å². The average Bonchev–Trinajstić information content (AvgIpc) is 2.78. The molecule has 0 aliphatic carbocycles. The van der Waals surface area contributed by atoms with Gasteiger partial charge in [-0.3, -0.25) is 9.59 Å². The molecule has 2 aromatic carbocycles. The van der Waals surface area contributed by atoms with Crippen LogP contribution in [-0.4, -0.2) is 54.8 Å². The van der Waals surface area contributed by atoms with Crippen LogP contribution in [0.25, 0.3) is 0 Å². The summed E-state index contributed by atoms with van der Waals surface area (Å²) >= 11 is 6.15. The zero-order chi connectivity index (χ0) is 22.1. The largest absolute Gasteiger partial charge is 0.356 e. The fraction of sp³-hybridized carbons (Fsp3) is 0.440. The minimum absolute atomic E-state index is 0.0203. The molecule has 1 fully saturated rings. The number of carbonyl (C=O) groups excluding carboxylic acids is 2. The van der Waals surface area contributed by atoms with Crippen LogP contribution < -0.4 is 5.32 Å². The third kappa shape index (κ3) is 7.37. The van der Waals surface area contributed by atoms with E-state index in [1.165, 1.54) is 5.56 Å². The highest BCUT2D eigenvalue weighted by Crippen LogP contribution is 2.24. The molecule has 0 unspecified atom stereocenters. The lowest BCUT2D eigenvalue weighted by Gasteiger charge is -2.32. The van der Waals surface area contributed by atoms with Crippen molar-refractivity contribution in [3.8, 4) is 0 Å². The normalized spacial score (nSPS) is 14.6. The van der Waals surface area contributed by atoms with Gasteiger partial charge in [-0.25, -0.2) is 0 Å². The topological polar surface area (TPSA) is 52.7 Å². The van der Waals surface area contributed by atoms with E-state index in [0.29, 0.717) is 42.6 Å². The zero-order valence-corrected chi connectivity index (χ0v) is 19.0. The van der Waals surface area contributed by atoms with Crippen molar-refractivity contribution in [2.75, 3.05) is 33.2 Å². The minimum Gasteiger partial charge on any atom is -0.356 e. The van der Waals surface area contributed by atoms with E-state index in [0.717, 1.165) is 32.4 Å². The molecule has 0 saturated carbocycles. The Morgan fingerprint density at radius 2 is 1.74 bits per heavy atom. The fourth-order valence-electron chi connectivity index (χ4n) is 4.03. The van der Waals surface area contributed by atoms with Gasteiger partial charge in [0.1, 0.15) is 0 Å². The molecular formula is C25H32ClN3O2. The van der Waals surface area contributed by atoms with Crippen LogP contribution in [0.4, 0.5) is 0 Å². The molecule has 2 aromatic rings. The van der Waals surface area contributed by atoms with Crippen LogP contribution >= 0.6 is 11.6 Å². The average molecular weight is 442 g/mol. The first-order valence-electron chi connectivity index (χ1n) is 11.1. The molecular weight excluding hydrogens is 410 g/mol. The van der Waals surface area contributed by atoms with Crippen molar-refractivity contribution in [1.82, 2.24) is 15.1 Å². The summed E-state index contributed by atoms with van der Waals surface area (Å²) in [5, 5.41) is 3.54. The highest BCUT2D eigenvalue weighted by molar-refractivity contribution is 6.33. The van der Waals surface area contributed by atoms with Crippen molar-refractivity contribution in [1.29, 1.82) is 0 Å². The third-order valence-corrected chi connectivity index (χ3v) is 6.14. The van der Waals surface area contributed by atoms with Gasteiger partial charge in [-0.05, 0) is 56.5 Å². The fourth-order valence-corrected chi connectivity index (χ4v) is 4.25. The smallest absolute Gasteiger partial charge is 0.255 e. The van der Waals surface area contributed by atoms with Gasteiger partial charge in [0.2, 0.25) is 5.91 Å². The number of nitrogens with one attached hydrogen (secondary N) is 1. The van der Waals surface area contributed by atoms with Crippen molar-refractivity contribution >= 4 is 23.4 Å². The van der Waals surface area contributed by atoms with Crippen molar-refractivity contribution < 1.29 is 9.59 Å². The number of halogens is 1. The van der Waals surface area contributed by atoms with Crippen LogP contribution in [0.15, 0.2) is 54.6 Å². The van der Waals surface area contributed by atoms with Crippen LogP contribution in [0.1, 0.15) is 41.6 Å². The summed E-state index contributed by atoms with van der Waals surface area (Å²) in [5.41, 5.74) is 1.85. The van der Waals surface area contributed by atoms with Crippen molar-refractivity contribution in [3.05, 3.63) is 70.7 Å². The molecule has 1 N–H and O–H groups in total. The van der Waals surface area contributed by atoms with Crippen LogP contribution in [0.3, 0.4) is 0 Å². The Balaban J connectivity index is 1.30. The number of piperidine rings is 1. The maximum absolute atomic E-state index is 12.7. The van der Waals surface area contributed by atoms with Gasteiger partial charge in [-0.15, -0.1) is 0 Å². The van der Waals surface area contributed by atoms with Crippen LogP contribution in [0, 0.1) is 5.92 Å². The number of carbonyl (C=O) groups is 2. The Hall–Kier alpha value is -2.37. The number of hydrogen-bond acceptors (Lipinski definition) is 3. The summed E-state index contributed by atoms with van der Waals surface area (Å²) in [6.45, 7) is 3.90. The van der Waals surface area contributed by atoms with Gasteiger partial charge >= 0.3 is 0 Å². The molecule has 3 rings (SSSR count). The molecule has 0 aromatic heterocycles. The minimum atomic E-state index is -0.0203. The third-order valence-electron chi connectivity index (χ3n) is 5.81. The van der Waals surface area contributed by atoms with Gasteiger partial charge in [-0.1, -0.05) is 54.1 Å². The number of nitrogens with zero attached hydrogens (tertiary/aromatic N) is 2. The van der Waals surface area contributed by atoms with Crippen molar-refractivity contribution in [2.45, 2.75) is 32.2 Å². The number of likely N-dealkylation sites (tertiary alicyclic amines) is 1. The first-order valence-corrected chi connectivity index (χ1v) is 11.4. The predicted octanol–water partition coefficient (Wildman–Crippen LogP) is 4.22. The van der Waals surface area contributed by atoms with Crippen molar-refractivity contribution in [2.24, 2.45) is 5.92 Å². The molecule has 166 valence electrons. The summed E-state index contributed by atoms with van der Waals surface area (Å²) < 4.78 is 0. The Morgan fingerprint density at radius 3 is 2.45 bits per heavy atom. The van der Waals surface area contributed by atoms with Gasteiger partial charge in [0.15, 0.2) is 0 Å². The molecule has 1 aliphatic heterocycles.